The van der Waals surface area contributed by atoms with Gasteiger partial charge in [0.05, 0.1) is 5.75 Å². The molecule has 118 valence electrons. The van der Waals surface area contributed by atoms with Crippen molar-refractivity contribution in [3.05, 3.63) is 0 Å². The molecule has 0 aliphatic carbocycles. The number of likely N-dealkylation sites (tertiary alicyclic amines) is 1. The van der Waals surface area contributed by atoms with Crippen molar-refractivity contribution in [2.24, 2.45) is 0 Å². The minimum Gasteiger partial charge on any atom is -0.481 e. The summed E-state index contributed by atoms with van der Waals surface area (Å²) in [6, 6.07) is 0.535. The SMILES string of the molecule is CC(C)N1CCC(N(C)S(=O)(=O)CCCC(=O)O)CC1. The van der Waals surface area contributed by atoms with Crippen LogP contribution < -0.4 is 0 Å². The Hall–Kier alpha value is -0.660. The molecular formula is C13H26N2O4S. The van der Waals surface area contributed by atoms with Gasteiger partial charge in [-0.3, -0.25) is 4.79 Å². The summed E-state index contributed by atoms with van der Waals surface area (Å²) < 4.78 is 25.7. The van der Waals surface area contributed by atoms with E-state index in [0.29, 0.717) is 6.04 Å². The number of piperidine rings is 1. The molecule has 0 aromatic carbocycles. The highest BCUT2D eigenvalue weighted by molar-refractivity contribution is 7.89. The molecule has 20 heavy (non-hydrogen) atoms. The number of nitrogens with zero attached hydrogens (tertiary/aromatic N) is 2. The van der Waals surface area contributed by atoms with Gasteiger partial charge < -0.3 is 10.0 Å². The summed E-state index contributed by atoms with van der Waals surface area (Å²) in [5.74, 6) is -1.03. The van der Waals surface area contributed by atoms with Crippen LogP contribution in [-0.2, 0) is 14.8 Å². The van der Waals surface area contributed by atoms with Crippen LogP contribution in [0.3, 0.4) is 0 Å². The van der Waals surface area contributed by atoms with E-state index in [1.54, 1.807) is 7.05 Å². The van der Waals surface area contributed by atoms with E-state index in [4.69, 9.17) is 5.11 Å². The number of carboxylic acid groups (broad SMARTS) is 1. The van der Waals surface area contributed by atoms with Gasteiger partial charge >= 0.3 is 5.97 Å². The Kier molecular flexibility index (Phi) is 6.42. The maximum Gasteiger partial charge on any atom is 0.303 e. The van der Waals surface area contributed by atoms with Crippen LogP contribution in [0.4, 0.5) is 0 Å². The zero-order valence-corrected chi connectivity index (χ0v) is 13.4. The molecule has 0 unspecified atom stereocenters. The fraction of sp³-hybridized carbons (Fsp3) is 0.923. The van der Waals surface area contributed by atoms with Gasteiger partial charge in [-0.1, -0.05) is 0 Å². The van der Waals surface area contributed by atoms with E-state index in [1.165, 1.54) is 4.31 Å². The lowest BCUT2D eigenvalue weighted by atomic mass is 10.0. The van der Waals surface area contributed by atoms with E-state index >= 15 is 0 Å². The van der Waals surface area contributed by atoms with Gasteiger partial charge in [-0.25, -0.2) is 12.7 Å². The Labute approximate surface area is 121 Å². The average Bonchev–Trinajstić information content (AvgIpc) is 2.37. The van der Waals surface area contributed by atoms with E-state index in [1.807, 2.05) is 0 Å². The molecule has 1 heterocycles. The number of aliphatic carboxylic acids is 1. The van der Waals surface area contributed by atoms with Gasteiger partial charge in [0.2, 0.25) is 10.0 Å². The first-order chi connectivity index (χ1) is 9.24. The van der Waals surface area contributed by atoms with Crippen LogP contribution in [0.5, 0.6) is 0 Å². The molecule has 0 bridgehead atoms. The lowest BCUT2D eigenvalue weighted by molar-refractivity contribution is -0.137. The monoisotopic (exact) mass is 306 g/mol. The highest BCUT2D eigenvalue weighted by Crippen LogP contribution is 2.20. The molecule has 7 heteroatoms. The second-order valence-corrected chi connectivity index (χ2v) is 7.84. The molecule has 0 radical (unpaired) electrons. The van der Waals surface area contributed by atoms with Crippen LogP contribution in [0.1, 0.15) is 39.5 Å². The van der Waals surface area contributed by atoms with Gasteiger partial charge in [0.1, 0.15) is 0 Å². The summed E-state index contributed by atoms with van der Waals surface area (Å²) in [7, 11) is -1.72. The maximum atomic E-state index is 12.1. The largest absolute Gasteiger partial charge is 0.481 e. The minimum absolute atomic E-state index is 0.0415. The Morgan fingerprint density at radius 2 is 1.90 bits per heavy atom. The number of rotatable bonds is 7. The summed E-state index contributed by atoms with van der Waals surface area (Å²) >= 11 is 0. The van der Waals surface area contributed by atoms with Gasteiger partial charge in [-0.2, -0.15) is 0 Å². The molecule has 0 aromatic heterocycles. The van der Waals surface area contributed by atoms with E-state index < -0.39 is 16.0 Å². The van der Waals surface area contributed by atoms with E-state index in [-0.39, 0.29) is 24.6 Å². The summed E-state index contributed by atoms with van der Waals surface area (Å²) in [6.07, 6.45) is 1.76. The third-order valence-corrected chi connectivity index (χ3v) is 5.96. The molecule has 0 saturated carbocycles. The molecule has 0 spiro atoms. The first kappa shape index (κ1) is 17.4. The van der Waals surface area contributed by atoms with Gasteiger partial charge in [0.15, 0.2) is 0 Å². The van der Waals surface area contributed by atoms with Crippen LogP contribution in [-0.4, -0.2) is 66.7 Å². The molecule has 1 saturated heterocycles. The molecule has 6 nitrogen and oxygen atoms in total. The third-order valence-electron chi connectivity index (χ3n) is 3.98. The van der Waals surface area contributed by atoms with E-state index in [9.17, 15) is 13.2 Å². The van der Waals surface area contributed by atoms with Crippen molar-refractivity contribution in [2.75, 3.05) is 25.9 Å². The molecule has 0 atom stereocenters. The lowest BCUT2D eigenvalue weighted by Gasteiger charge is -2.38. The molecule has 1 aliphatic rings. The summed E-state index contributed by atoms with van der Waals surface area (Å²) in [4.78, 5) is 12.8. The second kappa shape index (κ2) is 7.38. The van der Waals surface area contributed by atoms with Gasteiger partial charge in [0, 0.05) is 25.6 Å². The molecule has 1 aliphatic heterocycles. The predicted octanol–water partition coefficient (Wildman–Crippen LogP) is 0.986. The van der Waals surface area contributed by atoms with Crippen molar-refractivity contribution in [1.29, 1.82) is 0 Å². The van der Waals surface area contributed by atoms with Crippen LogP contribution in [0.25, 0.3) is 0 Å². The first-order valence-corrected chi connectivity index (χ1v) is 8.76. The number of carbonyl (C=O) groups is 1. The molecule has 0 aromatic rings. The van der Waals surface area contributed by atoms with E-state index in [2.05, 4.69) is 18.7 Å². The molecule has 1 rings (SSSR count). The lowest BCUT2D eigenvalue weighted by Crippen LogP contribution is -2.47. The Morgan fingerprint density at radius 3 is 2.35 bits per heavy atom. The molecule has 1 fully saturated rings. The summed E-state index contributed by atoms with van der Waals surface area (Å²) in [5, 5.41) is 8.56. The van der Waals surface area contributed by atoms with Crippen LogP contribution >= 0.6 is 0 Å². The zero-order chi connectivity index (χ0) is 15.3. The quantitative estimate of drug-likeness (QED) is 0.759. The Balaban J connectivity index is 2.48. The highest BCUT2D eigenvalue weighted by Gasteiger charge is 2.29. The Bertz CT molecular complexity index is 414. The van der Waals surface area contributed by atoms with Crippen molar-refractivity contribution in [2.45, 2.75) is 51.6 Å². The predicted molar refractivity (Wildman–Crippen MR) is 78.2 cm³/mol. The highest BCUT2D eigenvalue weighted by atomic mass is 32.2. The second-order valence-electron chi connectivity index (χ2n) is 5.69. The molecular weight excluding hydrogens is 280 g/mol. The molecule has 0 amide bonds. The molecule has 1 N–H and O–H groups in total. The average molecular weight is 306 g/mol. The van der Waals surface area contributed by atoms with Crippen LogP contribution in [0.2, 0.25) is 0 Å². The van der Waals surface area contributed by atoms with Crippen LogP contribution in [0, 0.1) is 0 Å². The van der Waals surface area contributed by atoms with Crippen molar-refractivity contribution >= 4 is 16.0 Å². The topological polar surface area (TPSA) is 77.9 Å². The smallest absolute Gasteiger partial charge is 0.303 e. The number of hydrogen-bond acceptors (Lipinski definition) is 4. The number of carboxylic acids is 1. The van der Waals surface area contributed by atoms with Gasteiger partial charge in [0.25, 0.3) is 0 Å². The van der Waals surface area contributed by atoms with Gasteiger partial charge in [-0.05, 0) is 46.2 Å². The number of hydrogen-bond donors (Lipinski definition) is 1. The van der Waals surface area contributed by atoms with E-state index in [0.717, 1.165) is 25.9 Å². The Morgan fingerprint density at radius 1 is 1.35 bits per heavy atom. The number of sulfonamides is 1. The van der Waals surface area contributed by atoms with Crippen molar-refractivity contribution in [1.82, 2.24) is 9.21 Å². The summed E-state index contributed by atoms with van der Waals surface area (Å²) in [5.41, 5.74) is 0. The maximum absolute atomic E-state index is 12.1. The first-order valence-electron chi connectivity index (χ1n) is 7.15. The fourth-order valence-electron chi connectivity index (χ4n) is 2.54. The third kappa shape index (κ3) is 5.03. The van der Waals surface area contributed by atoms with Crippen molar-refractivity contribution in [3.63, 3.8) is 0 Å². The summed E-state index contributed by atoms with van der Waals surface area (Å²) in [6.45, 7) is 6.12. The zero-order valence-electron chi connectivity index (χ0n) is 12.6. The normalized spacial score (nSPS) is 18.9. The van der Waals surface area contributed by atoms with Crippen molar-refractivity contribution in [3.8, 4) is 0 Å². The standard InChI is InChI=1S/C13H26N2O4S/c1-11(2)15-8-6-12(7-9-15)14(3)20(18,19)10-4-5-13(16)17/h11-12H,4-10H2,1-3H3,(H,16,17). The van der Waals surface area contributed by atoms with Crippen molar-refractivity contribution < 1.29 is 18.3 Å². The minimum atomic E-state index is -3.34. The van der Waals surface area contributed by atoms with Crippen LogP contribution in [0.15, 0.2) is 0 Å². The fourth-order valence-corrected chi connectivity index (χ4v) is 4.00. The van der Waals surface area contributed by atoms with Gasteiger partial charge in [-0.15, -0.1) is 0 Å².